The second kappa shape index (κ2) is 6.72. The zero-order chi connectivity index (χ0) is 16.3. The van der Waals surface area contributed by atoms with Crippen molar-refractivity contribution in [3.05, 3.63) is 35.9 Å². The number of likely N-dealkylation sites (tertiary alicyclic amines) is 1. The normalized spacial score (nSPS) is 21.2. The van der Waals surface area contributed by atoms with Crippen LogP contribution in [0.4, 0.5) is 0 Å². The van der Waals surface area contributed by atoms with E-state index >= 15 is 0 Å². The van der Waals surface area contributed by atoms with Crippen LogP contribution in [0.15, 0.2) is 30.3 Å². The molecule has 1 spiro atoms. The van der Waals surface area contributed by atoms with Crippen LogP contribution in [0.3, 0.4) is 0 Å². The van der Waals surface area contributed by atoms with E-state index in [1.165, 1.54) is 0 Å². The van der Waals surface area contributed by atoms with E-state index in [0.717, 1.165) is 37.2 Å². The highest BCUT2D eigenvalue weighted by Crippen LogP contribution is 2.34. The molecule has 3 rings (SSSR count). The van der Waals surface area contributed by atoms with Gasteiger partial charge in [0.25, 0.3) is 0 Å². The summed E-state index contributed by atoms with van der Waals surface area (Å²) in [5, 5.41) is 0. The van der Waals surface area contributed by atoms with E-state index in [2.05, 4.69) is 11.9 Å². The van der Waals surface area contributed by atoms with E-state index in [1.807, 2.05) is 35.2 Å². The predicted octanol–water partition coefficient (Wildman–Crippen LogP) is 1.99. The molecule has 1 aromatic rings. The molecule has 0 saturated carbocycles. The average molecular weight is 316 g/mol. The maximum absolute atomic E-state index is 12.6. The fourth-order valence-corrected chi connectivity index (χ4v) is 3.27. The first-order chi connectivity index (χ1) is 11.1. The standard InChI is InChI=1S/C18H24N2O3/c1-19-11-9-18(10-12-19)20(13-14-23-18)17(21)8-5-15-3-6-16(22-2)7-4-15/h3-8H,9-14H2,1-2H3. The van der Waals surface area contributed by atoms with Crippen molar-refractivity contribution < 1.29 is 14.3 Å². The van der Waals surface area contributed by atoms with Crippen molar-refractivity contribution >= 4 is 12.0 Å². The van der Waals surface area contributed by atoms with Gasteiger partial charge in [-0.05, 0) is 30.8 Å². The van der Waals surface area contributed by atoms with Gasteiger partial charge in [0.1, 0.15) is 11.5 Å². The third-order valence-electron chi connectivity index (χ3n) is 4.75. The van der Waals surface area contributed by atoms with Gasteiger partial charge in [-0.15, -0.1) is 0 Å². The molecular weight excluding hydrogens is 292 g/mol. The summed E-state index contributed by atoms with van der Waals surface area (Å²) in [6.07, 6.45) is 5.26. The van der Waals surface area contributed by atoms with Crippen molar-refractivity contribution in [1.82, 2.24) is 9.80 Å². The molecule has 23 heavy (non-hydrogen) atoms. The first kappa shape index (κ1) is 16.0. The van der Waals surface area contributed by atoms with Gasteiger partial charge in [-0.1, -0.05) is 12.1 Å². The maximum Gasteiger partial charge on any atom is 0.248 e. The van der Waals surface area contributed by atoms with Crippen LogP contribution in [-0.2, 0) is 9.53 Å². The number of carbonyl (C=O) groups is 1. The van der Waals surface area contributed by atoms with E-state index in [1.54, 1.807) is 13.2 Å². The largest absolute Gasteiger partial charge is 0.497 e. The SMILES string of the molecule is COc1ccc(C=CC(=O)N2CCOC23CCN(C)CC3)cc1. The van der Waals surface area contributed by atoms with Crippen LogP contribution in [0, 0.1) is 0 Å². The van der Waals surface area contributed by atoms with Gasteiger partial charge in [0, 0.05) is 38.6 Å². The average Bonchev–Trinajstić information content (AvgIpc) is 2.99. The van der Waals surface area contributed by atoms with Gasteiger partial charge in [-0.25, -0.2) is 0 Å². The number of hydrogen-bond acceptors (Lipinski definition) is 4. The number of rotatable bonds is 3. The molecule has 1 aromatic carbocycles. The van der Waals surface area contributed by atoms with Crippen LogP contribution in [0.5, 0.6) is 5.75 Å². The molecule has 0 unspecified atom stereocenters. The minimum atomic E-state index is -0.395. The van der Waals surface area contributed by atoms with Gasteiger partial charge < -0.3 is 19.3 Å². The molecule has 0 aliphatic carbocycles. The Balaban J connectivity index is 1.68. The van der Waals surface area contributed by atoms with Crippen LogP contribution < -0.4 is 4.74 Å². The van der Waals surface area contributed by atoms with Crippen molar-refractivity contribution in [3.63, 3.8) is 0 Å². The topological polar surface area (TPSA) is 42.0 Å². The van der Waals surface area contributed by atoms with E-state index in [-0.39, 0.29) is 5.91 Å². The Morgan fingerprint density at radius 3 is 2.57 bits per heavy atom. The molecule has 0 atom stereocenters. The van der Waals surface area contributed by atoms with Gasteiger partial charge >= 0.3 is 0 Å². The first-order valence-electron chi connectivity index (χ1n) is 8.09. The van der Waals surface area contributed by atoms with Crippen molar-refractivity contribution in [1.29, 1.82) is 0 Å². The molecule has 5 nitrogen and oxygen atoms in total. The molecule has 124 valence electrons. The van der Waals surface area contributed by atoms with Crippen LogP contribution in [0.2, 0.25) is 0 Å². The Hall–Kier alpha value is -1.85. The minimum Gasteiger partial charge on any atom is -0.497 e. The van der Waals surface area contributed by atoms with Gasteiger partial charge in [-0.2, -0.15) is 0 Å². The summed E-state index contributed by atoms with van der Waals surface area (Å²) < 4.78 is 11.1. The smallest absolute Gasteiger partial charge is 0.248 e. The molecule has 2 saturated heterocycles. The Kier molecular flexibility index (Phi) is 4.68. The molecule has 5 heteroatoms. The lowest BCUT2D eigenvalue weighted by atomic mass is 9.99. The van der Waals surface area contributed by atoms with Gasteiger partial charge in [0.2, 0.25) is 5.91 Å². The molecular formula is C18H24N2O3. The summed E-state index contributed by atoms with van der Waals surface area (Å²) in [7, 11) is 3.75. The lowest BCUT2D eigenvalue weighted by Gasteiger charge is -2.42. The van der Waals surface area contributed by atoms with Crippen LogP contribution in [0.1, 0.15) is 18.4 Å². The van der Waals surface area contributed by atoms with Crippen LogP contribution in [-0.4, -0.2) is 61.8 Å². The predicted molar refractivity (Wildman–Crippen MR) is 89.2 cm³/mol. The Morgan fingerprint density at radius 1 is 1.22 bits per heavy atom. The van der Waals surface area contributed by atoms with Crippen LogP contribution >= 0.6 is 0 Å². The highest BCUT2D eigenvalue weighted by atomic mass is 16.5. The zero-order valence-corrected chi connectivity index (χ0v) is 13.8. The first-order valence-corrected chi connectivity index (χ1v) is 8.09. The number of hydrogen-bond donors (Lipinski definition) is 0. The van der Waals surface area contributed by atoms with Crippen molar-refractivity contribution in [2.45, 2.75) is 18.6 Å². The van der Waals surface area contributed by atoms with E-state index in [9.17, 15) is 4.79 Å². The summed E-state index contributed by atoms with van der Waals surface area (Å²) in [5.74, 6) is 0.842. The maximum atomic E-state index is 12.6. The number of benzene rings is 1. The zero-order valence-electron chi connectivity index (χ0n) is 13.8. The molecule has 0 bridgehead atoms. The third-order valence-corrected chi connectivity index (χ3v) is 4.75. The molecule has 0 radical (unpaired) electrons. The lowest BCUT2D eigenvalue weighted by Crippen LogP contribution is -2.53. The van der Waals surface area contributed by atoms with Gasteiger partial charge in [-0.3, -0.25) is 4.79 Å². The monoisotopic (exact) mass is 316 g/mol. The van der Waals surface area contributed by atoms with Crippen molar-refractivity contribution in [2.75, 3.05) is 40.4 Å². The third kappa shape index (κ3) is 3.41. The Bertz CT molecular complexity index is 574. The van der Waals surface area contributed by atoms with Gasteiger partial charge in [0.05, 0.1) is 13.7 Å². The summed E-state index contributed by atoms with van der Waals surface area (Å²) in [6.45, 7) is 3.24. The van der Waals surface area contributed by atoms with Gasteiger partial charge in [0.15, 0.2) is 0 Å². The fraction of sp³-hybridized carbons (Fsp3) is 0.500. The molecule has 2 aliphatic rings. The molecule has 0 aromatic heterocycles. The highest BCUT2D eigenvalue weighted by Gasteiger charge is 2.45. The second-order valence-corrected chi connectivity index (χ2v) is 6.19. The second-order valence-electron chi connectivity index (χ2n) is 6.19. The summed E-state index contributed by atoms with van der Waals surface area (Å²) >= 11 is 0. The summed E-state index contributed by atoms with van der Waals surface area (Å²) in [6, 6.07) is 7.66. The lowest BCUT2D eigenvalue weighted by molar-refractivity contribution is -0.152. The summed E-state index contributed by atoms with van der Waals surface area (Å²) in [4.78, 5) is 16.8. The fourth-order valence-electron chi connectivity index (χ4n) is 3.27. The van der Waals surface area contributed by atoms with E-state index < -0.39 is 5.72 Å². The summed E-state index contributed by atoms with van der Waals surface area (Å²) in [5.41, 5.74) is 0.588. The number of amides is 1. The molecule has 2 fully saturated rings. The minimum absolute atomic E-state index is 0.0304. The number of nitrogens with zero attached hydrogens (tertiary/aromatic N) is 2. The number of carbonyl (C=O) groups excluding carboxylic acids is 1. The number of ether oxygens (including phenoxy) is 2. The van der Waals surface area contributed by atoms with E-state index in [0.29, 0.717) is 13.2 Å². The Labute approximate surface area is 137 Å². The molecule has 0 N–H and O–H groups in total. The van der Waals surface area contributed by atoms with Crippen molar-refractivity contribution in [3.8, 4) is 5.75 Å². The Morgan fingerprint density at radius 2 is 1.91 bits per heavy atom. The van der Waals surface area contributed by atoms with E-state index in [4.69, 9.17) is 9.47 Å². The van der Waals surface area contributed by atoms with Crippen molar-refractivity contribution in [2.24, 2.45) is 0 Å². The molecule has 1 amide bonds. The quantitative estimate of drug-likeness (QED) is 0.800. The molecule has 2 heterocycles. The number of piperidine rings is 1. The highest BCUT2D eigenvalue weighted by molar-refractivity contribution is 5.92. The van der Waals surface area contributed by atoms with Crippen LogP contribution in [0.25, 0.3) is 6.08 Å². The molecule has 2 aliphatic heterocycles. The number of methoxy groups -OCH3 is 1.